The van der Waals surface area contributed by atoms with E-state index in [0.717, 1.165) is 12.8 Å². The summed E-state index contributed by atoms with van der Waals surface area (Å²) in [6, 6.07) is -0.578. The van der Waals surface area contributed by atoms with Crippen molar-refractivity contribution < 1.29 is 9.59 Å². The summed E-state index contributed by atoms with van der Waals surface area (Å²) in [6.45, 7) is 6.27. The van der Waals surface area contributed by atoms with Gasteiger partial charge in [0, 0.05) is 6.42 Å². The van der Waals surface area contributed by atoms with Gasteiger partial charge in [-0.15, -0.1) is 0 Å². The second-order valence-corrected chi connectivity index (χ2v) is 7.43. The van der Waals surface area contributed by atoms with Crippen LogP contribution in [0, 0.1) is 5.92 Å². The van der Waals surface area contributed by atoms with E-state index in [2.05, 4.69) is 12.2 Å². The van der Waals surface area contributed by atoms with Crippen LogP contribution in [0.2, 0.25) is 0 Å². The number of hydrogen-bond acceptors (Lipinski definition) is 3. The zero-order chi connectivity index (χ0) is 18.2. The predicted molar refractivity (Wildman–Crippen MR) is 102 cm³/mol. The highest BCUT2D eigenvalue weighted by Crippen LogP contribution is 2.12. The summed E-state index contributed by atoms with van der Waals surface area (Å²) in [5.74, 6) is -0.167. The van der Waals surface area contributed by atoms with Crippen LogP contribution in [0.1, 0.15) is 104 Å². The maximum Gasteiger partial charge on any atom is 0.243 e. The molecule has 0 aromatic rings. The third-order valence-electron chi connectivity index (χ3n) is 4.33. The minimum atomic E-state index is -0.578. The Balaban J connectivity index is 3.44. The molecule has 1 atom stereocenters. The van der Waals surface area contributed by atoms with E-state index in [4.69, 9.17) is 5.73 Å². The molecular formula is C20H40N2O2. The number of hydrogen-bond donors (Lipinski definition) is 2. The lowest BCUT2D eigenvalue weighted by molar-refractivity contribution is -0.131. The van der Waals surface area contributed by atoms with E-state index >= 15 is 0 Å². The smallest absolute Gasteiger partial charge is 0.243 e. The third kappa shape index (κ3) is 14.7. The highest BCUT2D eigenvalue weighted by atomic mass is 16.2. The number of rotatable bonds is 15. The summed E-state index contributed by atoms with van der Waals surface area (Å²) >= 11 is 0. The number of unbranched alkanes of at least 4 members (excludes halogenated alkanes) is 10. The topological polar surface area (TPSA) is 72.2 Å². The fraction of sp³-hybridized carbons (Fsp3) is 0.900. The maximum absolute atomic E-state index is 11.7. The van der Waals surface area contributed by atoms with Gasteiger partial charge in [0.15, 0.2) is 0 Å². The first-order valence-corrected chi connectivity index (χ1v) is 10.1. The van der Waals surface area contributed by atoms with Crippen molar-refractivity contribution in [2.24, 2.45) is 11.7 Å². The molecule has 0 heterocycles. The van der Waals surface area contributed by atoms with Crippen LogP contribution in [-0.2, 0) is 9.59 Å². The van der Waals surface area contributed by atoms with Crippen molar-refractivity contribution in [1.82, 2.24) is 5.32 Å². The van der Waals surface area contributed by atoms with Crippen molar-refractivity contribution in [3.8, 4) is 0 Å². The Morgan fingerprint density at radius 2 is 1.29 bits per heavy atom. The van der Waals surface area contributed by atoms with Crippen LogP contribution in [0.3, 0.4) is 0 Å². The number of nitrogens with one attached hydrogen (secondary N) is 1. The predicted octanol–water partition coefficient (Wildman–Crippen LogP) is 4.70. The molecule has 0 aromatic carbocycles. The van der Waals surface area contributed by atoms with Crippen molar-refractivity contribution in [3.63, 3.8) is 0 Å². The average molecular weight is 341 g/mol. The van der Waals surface area contributed by atoms with Gasteiger partial charge in [0.1, 0.15) is 0 Å². The largest absolute Gasteiger partial charge is 0.320 e. The zero-order valence-corrected chi connectivity index (χ0v) is 16.2. The van der Waals surface area contributed by atoms with E-state index < -0.39 is 6.04 Å². The summed E-state index contributed by atoms with van der Waals surface area (Å²) < 4.78 is 0. The standard InChI is InChI=1S/C20H40N2O2/c1-4-5-6-7-8-9-10-11-12-13-14-15-19(23)22-20(24)18(21)16-17(2)3/h17-18H,4-16,21H2,1-3H3,(H,22,23,24)/t18-/m0/s1. The quantitative estimate of drug-likeness (QED) is 0.424. The van der Waals surface area contributed by atoms with Gasteiger partial charge in [-0.05, 0) is 18.8 Å². The summed E-state index contributed by atoms with van der Waals surface area (Å²) in [7, 11) is 0. The molecule has 24 heavy (non-hydrogen) atoms. The molecule has 4 heteroatoms. The van der Waals surface area contributed by atoms with Crippen LogP contribution >= 0.6 is 0 Å². The van der Waals surface area contributed by atoms with Gasteiger partial charge in [0.2, 0.25) is 11.8 Å². The molecule has 0 spiro atoms. The van der Waals surface area contributed by atoms with Crippen molar-refractivity contribution in [1.29, 1.82) is 0 Å². The molecule has 4 nitrogen and oxygen atoms in total. The zero-order valence-electron chi connectivity index (χ0n) is 16.2. The normalized spacial score (nSPS) is 12.4. The Bertz CT molecular complexity index is 330. The Hall–Kier alpha value is -0.900. The van der Waals surface area contributed by atoms with Gasteiger partial charge in [-0.3, -0.25) is 14.9 Å². The van der Waals surface area contributed by atoms with Gasteiger partial charge in [0.05, 0.1) is 6.04 Å². The second kappa shape index (κ2) is 15.6. The van der Waals surface area contributed by atoms with Crippen molar-refractivity contribution >= 4 is 11.8 Å². The molecule has 0 saturated heterocycles. The molecule has 0 aliphatic rings. The summed E-state index contributed by atoms with van der Waals surface area (Å²) in [4.78, 5) is 23.4. The second-order valence-electron chi connectivity index (χ2n) is 7.43. The van der Waals surface area contributed by atoms with Crippen LogP contribution < -0.4 is 11.1 Å². The van der Waals surface area contributed by atoms with E-state index in [-0.39, 0.29) is 11.8 Å². The Morgan fingerprint density at radius 3 is 1.75 bits per heavy atom. The molecule has 0 aliphatic carbocycles. The van der Waals surface area contributed by atoms with E-state index in [9.17, 15) is 9.59 Å². The average Bonchev–Trinajstić information content (AvgIpc) is 2.51. The molecule has 2 amide bonds. The van der Waals surface area contributed by atoms with E-state index in [1.165, 1.54) is 57.8 Å². The number of carbonyl (C=O) groups excluding carboxylic acids is 2. The molecule has 0 saturated carbocycles. The fourth-order valence-electron chi connectivity index (χ4n) is 2.86. The molecule has 3 N–H and O–H groups in total. The van der Waals surface area contributed by atoms with Gasteiger partial charge in [-0.1, -0.05) is 85.0 Å². The van der Waals surface area contributed by atoms with Gasteiger partial charge in [-0.2, -0.15) is 0 Å². The number of nitrogens with two attached hydrogens (primary N) is 1. The third-order valence-corrected chi connectivity index (χ3v) is 4.33. The van der Waals surface area contributed by atoms with E-state index in [1.807, 2.05) is 13.8 Å². The number of amides is 2. The van der Waals surface area contributed by atoms with Crippen LogP contribution in [0.25, 0.3) is 0 Å². The lowest BCUT2D eigenvalue weighted by Gasteiger charge is -2.13. The molecule has 142 valence electrons. The van der Waals surface area contributed by atoms with Crippen LogP contribution in [0.15, 0.2) is 0 Å². The fourth-order valence-corrected chi connectivity index (χ4v) is 2.86. The molecule has 0 aromatic heterocycles. The molecule has 0 rings (SSSR count). The molecule has 0 aliphatic heterocycles. The SMILES string of the molecule is CCCCCCCCCCCCCC(=O)NC(=O)[C@@H](N)CC(C)C. The van der Waals surface area contributed by atoms with Crippen molar-refractivity contribution in [2.75, 3.05) is 0 Å². The van der Waals surface area contributed by atoms with E-state index in [0.29, 0.717) is 18.8 Å². The molecule has 0 bridgehead atoms. The molecular weight excluding hydrogens is 300 g/mol. The lowest BCUT2D eigenvalue weighted by Crippen LogP contribution is -2.44. The van der Waals surface area contributed by atoms with Gasteiger partial charge in [-0.25, -0.2) is 0 Å². The first-order valence-electron chi connectivity index (χ1n) is 10.1. The molecule has 0 radical (unpaired) electrons. The monoisotopic (exact) mass is 340 g/mol. The molecule has 0 fully saturated rings. The highest BCUT2D eigenvalue weighted by Gasteiger charge is 2.16. The Morgan fingerprint density at radius 1 is 0.833 bits per heavy atom. The Labute approximate surface area is 149 Å². The number of imide groups is 1. The summed E-state index contributed by atoms with van der Waals surface area (Å²) in [5, 5.41) is 2.42. The van der Waals surface area contributed by atoms with Crippen LogP contribution in [0.5, 0.6) is 0 Å². The van der Waals surface area contributed by atoms with Crippen LogP contribution in [0.4, 0.5) is 0 Å². The van der Waals surface area contributed by atoms with Crippen LogP contribution in [-0.4, -0.2) is 17.9 Å². The van der Waals surface area contributed by atoms with Crippen molar-refractivity contribution in [2.45, 2.75) is 110 Å². The highest BCUT2D eigenvalue weighted by molar-refractivity contribution is 5.97. The maximum atomic E-state index is 11.7. The van der Waals surface area contributed by atoms with E-state index in [1.54, 1.807) is 0 Å². The first kappa shape index (κ1) is 23.1. The van der Waals surface area contributed by atoms with Crippen molar-refractivity contribution in [3.05, 3.63) is 0 Å². The Kier molecular flexibility index (Phi) is 15.0. The minimum absolute atomic E-state index is 0.185. The summed E-state index contributed by atoms with van der Waals surface area (Å²) in [5.41, 5.74) is 5.76. The van der Waals surface area contributed by atoms with Gasteiger partial charge < -0.3 is 5.73 Å². The van der Waals surface area contributed by atoms with Gasteiger partial charge >= 0.3 is 0 Å². The van der Waals surface area contributed by atoms with Gasteiger partial charge in [0.25, 0.3) is 0 Å². The molecule has 0 unspecified atom stereocenters. The summed E-state index contributed by atoms with van der Waals surface area (Å²) in [6.07, 6.45) is 14.8. The lowest BCUT2D eigenvalue weighted by atomic mass is 10.0. The number of carbonyl (C=O) groups is 2. The minimum Gasteiger partial charge on any atom is -0.320 e. The first-order chi connectivity index (χ1) is 11.5.